The van der Waals surface area contributed by atoms with E-state index in [4.69, 9.17) is 19.4 Å². The first-order valence-corrected chi connectivity index (χ1v) is 19.1. The van der Waals surface area contributed by atoms with E-state index in [1.54, 1.807) is 0 Å². The Labute approximate surface area is 326 Å². The van der Waals surface area contributed by atoms with Gasteiger partial charge < -0.3 is 8.98 Å². The molecule has 8 aromatic carbocycles. The number of nitrogens with zero attached hydrogens (tertiary/aromatic N) is 5. The number of hydrogen-bond acceptors (Lipinski definition) is 4. The van der Waals surface area contributed by atoms with Gasteiger partial charge in [0.2, 0.25) is 5.95 Å². The fourth-order valence-corrected chi connectivity index (χ4v) is 8.62. The summed E-state index contributed by atoms with van der Waals surface area (Å²) >= 11 is 0. The largest absolute Gasteiger partial charge is 0.456 e. The first kappa shape index (κ1) is 31.5. The molecule has 12 aromatic rings. The Kier molecular flexibility index (Phi) is 6.83. The topological polar surface area (TPSA) is 61.7 Å². The Hall–Kier alpha value is -7.83. The molecule has 0 N–H and O–H groups in total. The normalized spacial score (nSPS) is 11.9. The van der Waals surface area contributed by atoms with Gasteiger partial charge in [-0.15, -0.1) is 0 Å². The van der Waals surface area contributed by atoms with Gasteiger partial charge in [0.15, 0.2) is 11.6 Å². The van der Waals surface area contributed by atoms with Gasteiger partial charge in [0.1, 0.15) is 11.2 Å². The second-order valence-corrected chi connectivity index (χ2v) is 14.4. The smallest absolute Gasteiger partial charge is 0.238 e. The molecule has 0 aliphatic rings. The molecule has 0 spiro atoms. The van der Waals surface area contributed by atoms with Crippen molar-refractivity contribution in [1.29, 1.82) is 0 Å². The number of benzene rings is 8. The minimum atomic E-state index is 0.556. The van der Waals surface area contributed by atoms with Gasteiger partial charge in [0, 0.05) is 49.1 Å². The molecule has 0 unspecified atom stereocenters. The zero-order valence-corrected chi connectivity index (χ0v) is 30.5. The molecule has 0 saturated heterocycles. The van der Waals surface area contributed by atoms with Crippen molar-refractivity contribution in [3.05, 3.63) is 188 Å². The molecule has 4 heterocycles. The monoisotopic (exact) mass is 729 g/mol. The Balaban J connectivity index is 1.10. The number of furan rings is 1. The summed E-state index contributed by atoms with van der Waals surface area (Å²) in [6.07, 6.45) is 0. The standard InChI is InChI=1S/C51H31N5O/c1-3-14-32(15-4-1)49-52-50(35-17-13-16-33(30-35)34-26-27-39-38-21-9-12-25-45(38)57-46(39)31-34)54-51(53-49)56-43-24-11-8-22-41(43)47-44(56)29-28-40-37-20-7-10-23-42(37)55(48(40)47)36-18-5-2-6-19-36/h1-31H. The quantitative estimate of drug-likeness (QED) is 0.177. The molecule has 4 aromatic heterocycles. The highest BCUT2D eigenvalue weighted by Gasteiger charge is 2.23. The first-order chi connectivity index (χ1) is 28.3. The van der Waals surface area contributed by atoms with Crippen molar-refractivity contribution in [2.24, 2.45) is 0 Å². The van der Waals surface area contributed by atoms with E-state index < -0.39 is 0 Å². The molecular weight excluding hydrogens is 699 g/mol. The zero-order valence-electron chi connectivity index (χ0n) is 30.5. The van der Waals surface area contributed by atoms with Crippen LogP contribution >= 0.6 is 0 Å². The van der Waals surface area contributed by atoms with Crippen molar-refractivity contribution in [2.75, 3.05) is 0 Å². The maximum Gasteiger partial charge on any atom is 0.238 e. The van der Waals surface area contributed by atoms with Crippen molar-refractivity contribution in [2.45, 2.75) is 0 Å². The maximum atomic E-state index is 6.26. The molecular formula is C51H31N5O. The van der Waals surface area contributed by atoms with Gasteiger partial charge in [0.25, 0.3) is 0 Å². The molecule has 0 fully saturated rings. The molecule has 0 atom stereocenters. The van der Waals surface area contributed by atoms with Crippen molar-refractivity contribution < 1.29 is 4.42 Å². The first-order valence-electron chi connectivity index (χ1n) is 19.1. The summed E-state index contributed by atoms with van der Waals surface area (Å²) in [4.78, 5) is 15.7. The Bertz CT molecular complexity index is 3520. The van der Waals surface area contributed by atoms with E-state index in [1.807, 2.05) is 36.4 Å². The predicted octanol–water partition coefficient (Wildman–Crippen LogP) is 13.0. The molecule has 0 amide bonds. The van der Waals surface area contributed by atoms with Crippen LogP contribution in [0, 0.1) is 0 Å². The van der Waals surface area contributed by atoms with Crippen LogP contribution in [-0.2, 0) is 0 Å². The average molecular weight is 730 g/mol. The zero-order chi connectivity index (χ0) is 37.5. The van der Waals surface area contributed by atoms with E-state index in [-0.39, 0.29) is 0 Å². The molecule has 0 aliphatic heterocycles. The highest BCUT2D eigenvalue weighted by Crippen LogP contribution is 2.42. The van der Waals surface area contributed by atoms with Crippen molar-refractivity contribution >= 4 is 65.6 Å². The molecule has 0 aliphatic carbocycles. The summed E-state index contributed by atoms with van der Waals surface area (Å²) in [6.45, 7) is 0. The third kappa shape index (κ3) is 4.87. The van der Waals surface area contributed by atoms with Crippen molar-refractivity contribution in [3.8, 4) is 45.5 Å². The number of rotatable bonds is 5. The minimum absolute atomic E-state index is 0.556. The van der Waals surface area contributed by atoms with Crippen LogP contribution in [0.15, 0.2) is 192 Å². The third-order valence-electron chi connectivity index (χ3n) is 11.2. The van der Waals surface area contributed by atoms with Gasteiger partial charge in [-0.3, -0.25) is 4.57 Å². The van der Waals surface area contributed by atoms with Crippen LogP contribution in [0.3, 0.4) is 0 Å². The van der Waals surface area contributed by atoms with E-state index >= 15 is 0 Å². The molecule has 12 rings (SSSR count). The van der Waals surface area contributed by atoms with Gasteiger partial charge >= 0.3 is 0 Å². The fourth-order valence-electron chi connectivity index (χ4n) is 8.62. The molecule has 266 valence electrons. The second kappa shape index (κ2) is 12.3. The summed E-state index contributed by atoms with van der Waals surface area (Å²) < 4.78 is 10.9. The van der Waals surface area contributed by atoms with Crippen LogP contribution in [0.5, 0.6) is 0 Å². The van der Waals surface area contributed by atoms with Gasteiger partial charge in [-0.2, -0.15) is 9.97 Å². The van der Waals surface area contributed by atoms with E-state index in [9.17, 15) is 0 Å². The number of fused-ring (bicyclic) bond motifs is 10. The van der Waals surface area contributed by atoms with Crippen LogP contribution in [0.4, 0.5) is 0 Å². The fraction of sp³-hybridized carbons (Fsp3) is 0. The molecule has 6 nitrogen and oxygen atoms in total. The highest BCUT2D eigenvalue weighted by atomic mass is 16.3. The van der Waals surface area contributed by atoms with E-state index in [0.717, 1.165) is 82.7 Å². The number of hydrogen-bond donors (Lipinski definition) is 0. The lowest BCUT2D eigenvalue weighted by atomic mass is 10.0. The second-order valence-electron chi connectivity index (χ2n) is 14.4. The summed E-state index contributed by atoms with van der Waals surface area (Å²) in [5.74, 6) is 1.76. The van der Waals surface area contributed by atoms with Crippen molar-refractivity contribution in [3.63, 3.8) is 0 Å². The lowest BCUT2D eigenvalue weighted by Gasteiger charge is -2.12. The number of para-hydroxylation sites is 4. The Morgan fingerprint density at radius 3 is 1.77 bits per heavy atom. The molecule has 6 heteroatoms. The summed E-state index contributed by atoms with van der Waals surface area (Å²) in [5.41, 5.74) is 11.1. The van der Waals surface area contributed by atoms with E-state index in [0.29, 0.717) is 17.6 Å². The van der Waals surface area contributed by atoms with E-state index in [2.05, 4.69) is 161 Å². The van der Waals surface area contributed by atoms with Gasteiger partial charge in [-0.25, -0.2) is 4.98 Å². The minimum Gasteiger partial charge on any atom is -0.456 e. The Morgan fingerprint density at radius 2 is 0.947 bits per heavy atom. The predicted molar refractivity (Wildman–Crippen MR) is 232 cm³/mol. The molecule has 0 bridgehead atoms. The van der Waals surface area contributed by atoms with Crippen molar-refractivity contribution in [1.82, 2.24) is 24.1 Å². The third-order valence-corrected chi connectivity index (χ3v) is 11.2. The van der Waals surface area contributed by atoms with Gasteiger partial charge in [0.05, 0.1) is 22.1 Å². The summed E-state index contributed by atoms with van der Waals surface area (Å²) in [7, 11) is 0. The number of aromatic nitrogens is 5. The Morgan fingerprint density at radius 1 is 0.351 bits per heavy atom. The van der Waals surface area contributed by atoms with Gasteiger partial charge in [-0.05, 0) is 65.7 Å². The highest BCUT2D eigenvalue weighted by molar-refractivity contribution is 6.26. The molecule has 57 heavy (non-hydrogen) atoms. The summed E-state index contributed by atoms with van der Waals surface area (Å²) in [6, 6.07) is 65.5. The lowest BCUT2D eigenvalue weighted by molar-refractivity contribution is 0.669. The average Bonchev–Trinajstić information content (AvgIpc) is 3.94. The van der Waals surface area contributed by atoms with Crippen LogP contribution in [0.1, 0.15) is 0 Å². The molecule has 0 radical (unpaired) electrons. The molecule has 0 saturated carbocycles. The van der Waals surface area contributed by atoms with Crippen LogP contribution < -0.4 is 0 Å². The van der Waals surface area contributed by atoms with Gasteiger partial charge in [-0.1, -0.05) is 133 Å². The van der Waals surface area contributed by atoms with Crippen LogP contribution in [0.25, 0.3) is 111 Å². The van der Waals surface area contributed by atoms with E-state index in [1.165, 1.54) is 10.8 Å². The maximum absolute atomic E-state index is 6.26. The lowest BCUT2D eigenvalue weighted by Crippen LogP contribution is -2.06. The summed E-state index contributed by atoms with van der Waals surface area (Å²) in [5, 5.41) is 6.91. The van der Waals surface area contributed by atoms with Crippen LogP contribution in [-0.4, -0.2) is 24.1 Å². The SMILES string of the molecule is c1ccc(-c2nc(-c3cccc(-c4ccc5c(c4)oc4ccccc45)c3)nc(-n3c4ccccc4c4c3ccc3c5ccccc5n(-c5ccccc5)c34)n2)cc1. The van der Waals surface area contributed by atoms with Crippen LogP contribution in [0.2, 0.25) is 0 Å².